The van der Waals surface area contributed by atoms with Crippen LogP contribution in [0.25, 0.3) is 11.3 Å². The van der Waals surface area contributed by atoms with Gasteiger partial charge in [0.05, 0.1) is 13.5 Å². The number of hydrogen-bond acceptors (Lipinski definition) is 6. The molecule has 0 N–H and O–H groups in total. The van der Waals surface area contributed by atoms with E-state index in [2.05, 4.69) is 5.16 Å². The number of carbonyl (C=O) groups excluding carboxylic acids is 2. The molecule has 0 saturated heterocycles. The SMILES string of the molecule is COc1ccc(C(C)=O)cc1CC(=O)OCc1cc(-c2ccccc2)on1. The van der Waals surface area contributed by atoms with Crippen LogP contribution in [0.5, 0.6) is 5.75 Å². The second-order valence-electron chi connectivity index (χ2n) is 5.97. The maximum Gasteiger partial charge on any atom is 0.310 e. The van der Waals surface area contributed by atoms with E-state index in [0.29, 0.717) is 28.3 Å². The van der Waals surface area contributed by atoms with E-state index in [1.165, 1.54) is 14.0 Å². The van der Waals surface area contributed by atoms with Crippen LogP contribution in [0.4, 0.5) is 0 Å². The maximum atomic E-state index is 12.2. The maximum absolute atomic E-state index is 12.2. The average molecular weight is 365 g/mol. The number of hydrogen-bond donors (Lipinski definition) is 0. The average Bonchev–Trinajstić information content (AvgIpc) is 3.16. The molecule has 6 heteroatoms. The van der Waals surface area contributed by atoms with E-state index in [1.807, 2.05) is 30.3 Å². The third-order valence-electron chi connectivity index (χ3n) is 4.02. The Morgan fingerprint density at radius 1 is 1.07 bits per heavy atom. The first-order valence-electron chi connectivity index (χ1n) is 8.41. The fourth-order valence-electron chi connectivity index (χ4n) is 2.61. The van der Waals surface area contributed by atoms with E-state index in [1.54, 1.807) is 24.3 Å². The van der Waals surface area contributed by atoms with Crippen LogP contribution >= 0.6 is 0 Å². The lowest BCUT2D eigenvalue weighted by molar-refractivity contribution is -0.144. The fourth-order valence-corrected chi connectivity index (χ4v) is 2.61. The van der Waals surface area contributed by atoms with Gasteiger partial charge in [0.1, 0.15) is 18.1 Å². The minimum Gasteiger partial charge on any atom is -0.496 e. The molecule has 0 saturated carbocycles. The number of methoxy groups -OCH3 is 1. The predicted octanol–water partition coefficient (Wildman–Crippen LogP) is 3.84. The van der Waals surface area contributed by atoms with Gasteiger partial charge in [-0.2, -0.15) is 0 Å². The van der Waals surface area contributed by atoms with Crippen molar-refractivity contribution in [2.24, 2.45) is 0 Å². The standard InChI is InChI=1S/C21H19NO5/c1-14(23)16-8-9-19(25-2)17(10-16)11-21(24)26-13-18-12-20(27-22-18)15-6-4-3-5-7-15/h3-10,12H,11,13H2,1-2H3. The smallest absolute Gasteiger partial charge is 0.310 e. The summed E-state index contributed by atoms with van der Waals surface area (Å²) in [5, 5.41) is 3.92. The van der Waals surface area contributed by atoms with Crippen molar-refractivity contribution in [2.45, 2.75) is 20.0 Å². The van der Waals surface area contributed by atoms with Gasteiger partial charge in [-0.25, -0.2) is 0 Å². The Bertz CT molecular complexity index is 946. The minimum atomic E-state index is -0.446. The van der Waals surface area contributed by atoms with E-state index in [9.17, 15) is 9.59 Å². The molecule has 0 fully saturated rings. The second kappa shape index (κ2) is 8.31. The minimum absolute atomic E-state index is 0.00385. The Hall–Kier alpha value is -3.41. The number of benzene rings is 2. The first-order chi connectivity index (χ1) is 13.1. The number of ether oxygens (including phenoxy) is 2. The predicted molar refractivity (Wildman–Crippen MR) is 98.4 cm³/mol. The molecule has 0 unspecified atom stereocenters. The number of nitrogens with zero attached hydrogens (tertiary/aromatic N) is 1. The zero-order chi connectivity index (χ0) is 19.2. The molecule has 0 aliphatic carbocycles. The molecular weight excluding hydrogens is 346 g/mol. The van der Waals surface area contributed by atoms with Gasteiger partial charge in [-0.15, -0.1) is 0 Å². The number of aromatic nitrogens is 1. The Labute approximate surface area is 156 Å². The topological polar surface area (TPSA) is 78.6 Å². The molecule has 6 nitrogen and oxygen atoms in total. The van der Waals surface area contributed by atoms with Crippen molar-refractivity contribution < 1.29 is 23.6 Å². The highest BCUT2D eigenvalue weighted by molar-refractivity contribution is 5.94. The number of rotatable bonds is 7. The van der Waals surface area contributed by atoms with Gasteiger partial charge < -0.3 is 14.0 Å². The van der Waals surface area contributed by atoms with Gasteiger partial charge >= 0.3 is 5.97 Å². The normalized spacial score (nSPS) is 10.4. The summed E-state index contributed by atoms with van der Waals surface area (Å²) in [4.78, 5) is 23.7. The fraction of sp³-hybridized carbons (Fsp3) is 0.190. The summed E-state index contributed by atoms with van der Waals surface area (Å²) in [5.41, 5.74) is 2.53. The number of esters is 1. The van der Waals surface area contributed by atoms with Crippen LogP contribution in [0.1, 0.15) is 28.5 Å². The molecule has 27 heavy (non-hydrogen) atoms. The van der Waals surface area contributed by atoms with E-state index in [0.717, 1.165) is 5.56 Å². The number of ketones is 1. The van der Waals surface area contributed by atoms with Crippen LogP contribution in [0.2, 0.25) is 0 Å². The molecule has 0 aliphatic heterocycles. The van der Waals surface area contributed by atoms with E-state index in [-0.39, 0.29) is 18.8 Å². The van der Waals surface area contributed by atoms with Gasteiger partial charge in [0.2, 0.25) is 0 Å². The molecule has 3 rings (SSSR count). The zero-order valence-corrected chi connectivity index (χ0v) is 15.1. The quantitative estimate of drug-likeness (QED) is 0.468. The van der Waals surface area contributed by atoms with Crippen LogP contribution in [0, 0.1) is 0 Å². The molecule has 2 aromatic carbocycles. The van der Waals surface area contributed by atoms with Crippen molar-refractivity contribution >= 4 is 11.8 Å². The van der Waals surface area contributed by atoms with E-state index >= 15 is 0 Å². The highest BCUT2D eigenvalue weighted by Crippen LogP contribution is 2.22. The van der Waals surface area contributed by atoms with E-state index < -0.39 is 5.97 Å². The van der Waals surface area contributed by atoms with E-state index in [4.69, 9.17) is 14.0 Å². The summed E-state index contributed by atoms with van der Waals surface area (Å²) < 4.78 is 15.8. The van der Waals surface area contributed by atoms with Gasteiger partial charge in [0.25, 0.3) is 0 Å². The third-order valence-corrected chi connectivity index (χ3v) is 4.02. The van der Waals surface area contributed by atoms with Crippen molar-refractivity contribution in [2.75, 3.05) is 7.11 Å². The highest BCUT2D eigenvalue weighted by Gasteiger charge is 2.14. The van der Waals surface area contributed by atoms with Crippen molar-refractivity contribution in [3.8, 4) is 17.1 Å². The Kier molecular flexibility index (Phi) is 5.66. The van der Waals surface area contributed by atoms with Gasteiger partial charge in [0.15, 0.2) is 11.5 Å². The lowest BCUT2D eigenvalue weighted by Gasteiger charge is -2.09. The van der Waals surface area contributed by atoms with Crippen LogP contribution in [0.15, 0.2) is 59.1 Å². The zero-order valence-electron chi connectivity index (χ0n) is 15.1. The van der Waals surface area contributed by atoms with Crippen LogP contribution in [-0.4, -0.2) is 24.0 Å². The Balaban J connectivity index is 1.63. The summed E-state index contributed by atoms with van der Waals surface area (Å²) in [6.07, 6.45) is -0.00626. The molecule has 0 atom stereocenters. The molecule has 1 heterocycles. The highest BCUT2D eigenvalue weighted by atomic mass is 16.5. The van der Waals surface area contributed by atoms with Gasteiger partial charge in [-0.1, -0.05) is 35.5 Å². The Morgan fingerprint density at radius 3 is 2.56 bits per heavy atom. The molecule has 0 aliphatic rings. The van der Waals surface area contributed by atoms with Crippen molar-refractivity contribution in [1.82, 2.24) is 5.16 Å². The summed E-state index contributed by atoms with van der Waals surface area (Å²) >= 11 is 0. The summed E-state index contributed by atoms with van der Waals surface area (Å²) in [6, 6.07) is 16.2. The van der Waals surface area contributed by atoms with Gasteiger partial charge in [-0.05, 0) is 25.1 Å². The summed E-state index contributed by atoms with van der Waals surface area (Å²) in [6.45, 7) is 1.47. The van der Waals surface area contributed by atoms with Crippen LogP contribution < -0.4 is 4.74 Å². The molecule has 1 aromatic heterocycles. The first-order valence-corrected chi connectivity index (χ1v) is 8.41. The molecule has 0 spiro atoms. The van der Waals surface area contributed by atoms with Gasteiger partial charge in [-0.3, -0.25) is 9.59 Å². The molecule has 3 aromatic rings. The molecule has 0 radical (unpaired) electrons. The number of carbonyl (C=O) groups is 2. The summed E-state index contributed by atoms with van der Waals surface area (Å²) in [7, 11) is 1.51. The first kappa shape index (κ1) is 18.4. The third kappa shape index (κ3) is 4.61. The largest absolute Gasteiger partial charge is 0.496 e. The molecular formula is C21H19NO5. The number of Topliss-reactive ketones (excluding diaryl/α,β-unsaturated/α-hetero) is 1. The van der Waals surface area contributed by atoms with Crippen LogP contribution in [0.3, 0.4) is 0 Å². The second-order valence-corrected chi connectivity index (χ2v) is 5.97. The van der Waals surface area contributed by atoms with Gasteiger partial charge in [0, 0.05) is 22.8 Å². The van der Waals surface area contributed by atoms with Crippen LogP contribution in [-0.2, 0) is 22.6 Å². The van der Waals surface area contributed by atoms with Crippen molar-refractivity contribution in [3.63, 3.8) is 0 Å². The lowest BCUT2D eigenvalue weighted by atomic mass is 10.0. The Morgan fingerprint density at radius 2 is 1.85 bits per heavy atom. The van der Waals surface area contributed by atoms with Crippen molar-refractivity contribution in [3.05, 3.63) is 71.4 Å². The van der Waals surface area contributed by atoms with Crippen molar-refractivity contribution in [1.29, 1.82) is 0 Å². The lowest BCUT2D eigenvalue weighted by Crippen LogP contribution is -2.10. The summed E-state index contributed by atoms with van der Waals surface area (Å²) in [5.74, 6) is 0.615. The monoisotopic (exact) mass is 365 g/mol. The molecule has 0 bridgehead atoms. The molecule has 138 valence electrons. The molecule has 0 amide bonds.